The highest BCUT2D eigenvalue weighted by molar-refractivity contribution is 5.90. The molecule has 0 aliphatic carbocycles. The maximum absolute atomic E-state index is 11.5. The first-order valence-electron chi connectivity index (χ1n) is 4.79. The first-order valence-corrected chi connectivity index (χ1v) is 4.79. The maximum atomic E-state index is 11.5. The number of rotatable bonds is 5. The molecule has 1 heterocycles. The SMILES string of the molecule is COCC(C)CNC(=O)c1n[nH]c(C)n1. The Hall–Kier alpha value is -1.43. The van der Waals surface area contributed by atoms with Gasteiger partial charge in [0.05, 0.1) is 6.61 Å². The van der Waals surface area contributed by atoms with Crippen LogP contribution in [0.4, 0.5) is 0 Å². The molecule has 15 heavy (non-hydrogen) atoms. The van der Waals surface area contributed by atoms with Crippen molar-refractivity contribution >= 4 is 5.91 Å². The highest BCUT2D eigenvalue weighted by Crippen LogP contribution is 1.94. The van der Waals surface area contributed by atoms with Crippen LogP contribution in [0.2, 0.25) is 0 Å². The zero-order valence-electron chi connectivity index (χ0n) is 9.20. The number of H-pyrrole nitrogens is 1. The van der Waals surface area contributed by atoms with Crippen LogP contribution in [0.1, 0.15) is 23.4 Å². The summed E-state index contributed by atoms with van der Waals surface area (Å²) < 4.78 is 4.96. The predicted molar refractivity (Wildman–Crippen MR) is 54.5 cm³/mol. The molecule has 0 aromatic carbocycles. The molecule has 1 aromatic heterocycles. The van der Waals surface area contributed by atoms with E-state index in [1.807, 2.05) is 6.92 Å². The van der Waals surface area contributed by atoms with Crippen LogP contribution in [-0.4, -0.2) is 41.3 Å². The first-order chi connectivity index (χ1) is 7.13. The van der Waals surface area contributed by atoms with Crippen LogP contribution in [-0.2, 0) is 4.74 Å². The largest absolute Gasteiger partial charge is 0.384 e. The van der Waals surface area contributed by atoms with E-state index < -0.39 is 0 Å². The molecule has 2 N–H and O–H groups in total. The number of aromatic amines is 1. The van der Waals surface area contributed by atoms with E-state index in [0.29, 0.717) is 19.0 Å². The van der Waals surface area contributed by atoms with Crippen molar-refractivity contribution < 1.29 is 9.53 Å². The molecule has 0 bridgehead atoms. The zero-order valence-corrected chi connectivity index (χ0v) is 9.20. The topological polar surface area (TPSA) is 79.9 Å². The molecule has 1 rings (SSSR count). The van der Waals surface area contributed by atoms with Gasteiger partial charge in [0.15, 0.2) is 0 Å². The summed E-state index contributed by atoms with van der Waals surface area (Å²) in [5.74, 6) is 0.823. The lowest BCUT2D eigenvalue weighted by molar-refractivity contribution is 0.0924. The van der Waals surface area contributed by atoms with Gasteiger partial charge in [-0.2, -0.15) is 0 Å². The van der Waals surface area contributed by atoms with Gasteiger partial charge >= 0.3 is 0 Å². The van der Waals surface area contributed by atoms with E-state index in [1.54, 1.807) is 14.0 Å². The molecule has 1 aromatic rings. The molecule has 0 aliphatic rings. The number of methoxy groups -OCH3 is 1. The van der Waals surface area contributed by atoms with E-state index in [1.165, 1.54) is 0 Å². The number of hydrogen-bond acceptors (Lipinski definition) is 4. The molecular formula is C9H16N4O2. The minimum absolute atomic E-state index is 0.178. The normalized spacial score (nSPS) is 12.5. The van der Waals surface area contributed by atoms with Crippen LogP contribution >= 0.6 is 0 Å². The second-order valence-electron chi connectivity index (χ2n) is 3.51. The highest BCUT2D eigenvalue weighted by atomic mass is 16.5. The molecule has 6 heteroatoms. The van der Waals surface area contributed by atoms with E-state index in [9.17, 15) is 4.79 Å². The third-order valence-electron chi connectivity index (χ3n) is 1.86. The first kappa shape index (κ1) is 11.6. The number of hydrogen-bond donors (Lipinski definition) is 2. The molecule has 1 amide bonds. The molecule has 84 valence electrons. The Labute approximate surface area is 88.4 Å². The van der Waals surface area contributed by atoms with E-state index in [2.05, 4.69) is 20.5 Å². The summed E-state index contributed by atoms with van der Waals surface area (Å²) in [4.78, 5) is 15.4. The van der Waals surface area contributed by atoms with Gasteiger partial charge in [0, 0.05) is 13.7 Å². The Morgan fingerprint density at radius 3 is 2.93 bits per heavy atom. The van der Waals surface area contributed by atoms with Gasteiger partial charge in [-0.05, 0) is 12.8 Å². The van der Waals surface area contributed by atoms with Crippen LogP contribution < -0.4 is 5.32 Å². The second kappa shape index (κ2) is 5.45. The number of amides is 1. The van der Waals surface area contributed by atoms with Crippen molar-refractivity contribution in [2.75, 3.05) is 20.3 Å². The summed E-state index contributed by atoms with van der Waals surface area (Å²) in [5, 5.41) is 9.11. The summed E-state index contributed by atoms with van der Waals surface area (Å²) in [6.07, 6.45) is 0. The van der Waals surface area contributed by atoms with Crippen molar-refractivity contribution in [3.05, 3.63) is 11.6 Å². The number of aromatic nitrogens is 3. The van der Waals surface area contributed by atoms with Crippen molar-refractivity contribution in [1.29, 1.82) is 0 Å². The van der Waals surface area contributed by atoms with E-state index in [4.69, 9.17) is 4.74 Å². The standard InChI is InChI=1S/C9H16N4O2/c1-6(5-15-3)4-10-9(14)8-11-7(2)12-13-8/h6H,4-5H2,1-3H3,(H,10,14)(H,11,12,13). The van der Waals surface area contributed by atoms with E-state index in [0.717, 1.165) is 0 Å². The summed E-state index contributed by atoms with van der Waals surface area (Å²) in [5.41, 5.74) is 0. The minimum Gasteiger partial charge on any atom is -0.384 e. The molecule has 0 saturated heterocycles. The average molecular weight is 212 g/mol. The molecule has 6 nitrogen and oxygen atoms in total. The second-order valence-corrected chi connectivity index (χ2v) is 3.51. The number of nitrogens with one attached hydrogen (secondary N) is 2. The Balaban J connectivity index is 2.36. The number of ether oxygens (including phenoxy) is 1. The summed E-state index contributed by atoms with van der Waals surface area (Å²) >= 11 is 0. The lowest BCUT2D eigenvalue weighted by Gasteiger charge is -2.09. The van der Waals surface area contributed by atoms with Crippen molar-refractivity contribution in [3.8, 4) is 0 Å². The molecule has 0 fully saturated rings. The average Bonchev–Trinajstić information content (AvgIpc) is 2.62. The fourth-order valence-electron chi connectivity index (χ4n) is 1.13. The summed E-state index contributed by atoms with van der Waals surface area (Å²) in [7, 11) is 1.64. The van der Waals surface area contributed by atoms with Crippen LogP contribution in [0.5, 0.6) is 0 Å². The van der Waals surface area contributed by atoms with Gasteiger partial charge in [-0.3, -0.25) is 9.89 Å². The lowest BCUT2D eigenvalue weighted by atomic mass is 10.2. The third kappa shape index (κ3) is 3.67. The quantitative estimate of drug-likeness (QED) is 0.726. The zero-order chi connectivity index (χ0) is 11.3. The summed E-state index contributed by atoms with van der Waals surface area (Å²) in [6.45, 7) is 4.91. The molecule has 0 radical (unpaired) electrons. The van der Waals surface area contributed by atoms with Crippen molar-refractivity contribution in [1.82, 2.24) is 20.5 Å². The van der Waals surface area contributed by atoms with Crippen LogP contribution in [0.15, 0.2) is 0 Å². The van der Waals surface area contributed by atoms with Crippen molar-refractivity contribution in [2.24, 2.45) is 5.92 Å². The highest BCUT2D eigenvalue weighted by Gasteiger charge is 2.11. The van der Waals surface area contributed by atoms with Gasteiger partial charge < -0.3 is 10.1 Å². The molecule has 0 aliphatic heterocycles. The molecule has 1 atom stereocenters. The Morgan fingerprint density at radius 2 is 2.40 bits per heavy atom. The number of nitrogens with zero attached hydrogens (tertiary/aromatic N) is 2. The van der Waals surface area contributed by atoms with Gasteiger partial charge in [-0.1, -0.05) is 6.92 Å². The van der Waals surface area contributed by atoms with E-state index >= 15 is 0 Å². The smallest absolute Gasteiger partial charge is 0.290 e. The van der Waals surface area contributed by atoms with Crippen molar-refractivity contribution in [2.45, 2.75) is 13.8 Å². The molecule has 0 saturated carbocycles. The number of aryl methyl sites for hydroxylation is 1. The summed E-state index contributed by atoms with van der Waals surface area (Å²) in [6, 6.07) is 0. The van der Waals surface area contributed by atoms with E-state index in [-0.39, 0.29) is 17.6 Å². The number of carbonyl (C=O) groups excluding carboxylic acids is 1. The van der Waals surface area contributed by atoms with Crippen LogP contribution in [0, 0.1) is 12.8 Å². The Morgan fingerprint density at radius 1 is 1.67 bits per heavy atom. The molecule has 0 spiro atoms. The van der Waals surface area contributed by atoms with Gasteiger partial charge in [-0.25, -0.2) is 4.98 Å². The van der Waals surface area contributed by atoms with Gasteiger partial charge in [-0.15, -0.1) is 5.10 Å². The van der Waals surface area contributed by atoms with Gasteiger partial charge in [0.1, 0.15) is 5.82 Å². The molecule has 1 unspecified atom stereocenters. The Kier molecular flexibility index (Phi) is 4.23. The van der Waals surface area contributed by atoms with Crippen LogP contribution in [0.25, 0.3) is 0 Å². The van der Waals surface area contributed by atoms with Gasteiger partial charge in [0.25, 0.3) is 5.91 Å². The fraction of sp³-hybridized carbons (Fsp3) is 0.667. The monoisotopic (exact) mass is 212 g/mol. The third-order valence-corrected chi connectivity index (χ3v) is 1.86. The van der Waals surface area contributed by atoms with Crippen LogP contribution in [0.3, 0.4) is 0 Å². The fourth-order valence-corrected chi connectivity index (χ4v) is 1.13. The number of carbonyl (C=O) groups is 1. The lowest BCUT2D eigenvalue weighted by Crippen LogP contribution is -2.30. The maximum Gasteiger partial charge on any atom is 0.290 e. The van der Waals surface area contributed by atoms with Crippen molar-refractivity contribution in [3.63, 3.8) is 0 Å². The molecular weight excluding hydrogens is 196 g/mol. The van der Waals surface area contributed by atoms with Gasteiger partial charge in [0.2, 0.25) is 5.82 Å². The minimum atomic E-state index is -0.262. The predicted octanol–water partition coefficient (Wildman–Crippen LogP) is 0.125. The Bertz CT molecular complexity index is 324.